The lowest BCUT2D eigenvalue weighted by Gasteiger charge is -2.54. The number of likely N-dealkylation sites (tertiary alicyclic amines) is 1. The summed E-state index contributed by atoms with van der Waals surface area (Å²) < 4.78 is 30.1. The number of ether oxygens (including phenoxy) is 2. The van der Waals surface area contributed by atoms with Crippen LogP contribution in [0.2, 0.25) is 18.1 Å². The molecule has 0 aromatic carbocycles. The van der Waals surface area contributed by atoms with Crippen molar-refractivity contribution in [2.24, 2.45) is 5.41 Å². The van der Waals surface area contributed by atoms with Gasteiger partial charge in [-0.05, 0) is 38.9 Å². The normalized spacial score (nSPS) is 24.3. The molecule has 1 aliphatic rings. The highest BCUT2D eigenvalue weighted by atomic mass is 28.4. The highest BCUT2D eigenvalue weighted by Gasteiger charge is 2.72. The van der Waals surface area contributed by atoms with Crippen LogP contribution in [0.1, 0.15) is 41.5 Å². The minimum absolute atomic E-state index is 0.0269. The third kappa shape index (κ3) is 3.89. The van der Waals surface area contributed by atoms with E-state index in [1.165, 1.54) is 0 Å². The maximum Gasteiger partial charge on any atom is 0.416 e. The monoisotopic (exact) mass is 405 g/mol. The lowest BCUT2D eigenvalue weighted by Crippen LogP contribution is -2.78. The van der Waals surface area contributed by atoms with Gasteiger partial charge in [0.15, 0.2) is 13.7 Å². The highest BCUT2D eigenvalue weighted by molar-refractivity contribution is 6.74. The molecule has 1 fully saturated rings. The zero-order valence-corrected chi connectivity index (χ0v) is 18.6. The second-order valence-corrected chi connectivity index (χ2v) is 12.9. The molecule has 0 saturated carbocycles. The zero-order chi connectivity index (χ0) is 21.2. The van der Waals surface area contributed by atoms with Crippen LogP contribution in [-0.4, -0.2) is 63.2 Å². The number of hydrogen-bond donors (Lipinski definition) is 0. The van der Waals surface area contributed by atoms with Crippen LogP contribution in [0.3, 0.4) is 0 Å². The van der Waals surface area contributed by atoms with Gasteiger partial charge in [0.05, 0.1) is 25.4 Å². The summed E-state index contributed by atoms with van der Waals surface area (Å²) in [6.45, 7) is 13.7. The maximum absolute atomic E-state index is 13.9. The van der Waals surface area contributed by atoms with E-state index in [2.05, 4.69) is 0 Å². The van der Waals surface area contributed by atoms with E-state index in [1.54, 1.807) is 20.8 Å². The standard InChI is InChI=1S/C18H32FNO6Si/c1-9-24-15(22)18(12(3)26-27(7,8)17(4,5)6)13(11-19)20(14(18)21)16(23)25-10-2/h12-13H,9-11H2,1-8H3/t12-,13-,18-/m1/s1. The first kappa shape index (κ1) is 23.6. The van der Waals surface area contributed by atoms with Crippen LogP contribution in [0.25, 0.3) is 0 Å². The van der Waals surface area contributed by atoms with E-state index in [4.69, 9.17) is 13.9 Å². The fourth-order valence-corrected chi connectivity index (χ4v) is 4.43. The molecule has 3 atom stereocenters. The predicted molar refractivity (Wildman–Crippen MR) is 100 cm³/mol. The molecule has 0 bridgehead atoms. The molecule has 1 saturated heterocycles. The van der Waals surface area contributed by atoms with Crippen molar-refractivity contribution >= 4 is 26.3 Å². The lowest BCUT2D eigenvalue weighted by atomic mass is 9.67. The van der Waals surface area contributed by atoms with Gasteiger partial charge in [-0.25, -0.2) is 14.1 Å². The van der Waals surface area contributed by atoms with Crippen LogP contribution < -0.4 is 0 Å². The molecule has 0 radical (unpaired) electrons. The molecule has 0 N–H and O–H groups in total. The van der Waals surface area contributed by atoms with Crippen LogP contribution in [0.5, 0.6) is 0 Å². The van der Waals surface area contributed by atoms with Crippen molar-refractivity contribution in [1.82, 2.24) is 4.90 Å². The molecule has 156 valence electrons. The Kier molecular flexibility index (Phi) is 7.21. The second kappa shape index (κ2) is 8.26. The number of amides is 2. The Bertz CT molecular complexity index is 591. The Morgan fingerprint density at radius 1 is 1.22 bits per heavy atom. The van der Waals surface area contributed by atoms with E-state index in [0.717, 1.165) is 0 Å². The van der Waals surface area contributed by atoms with E-state index in [0.29, 0.717) is 4.90 Å². The summed E-state index contributed by atoms with van der Waals surface area (Å²) in [7, 11) is -2.38. The Hall–Kier alpha value is -1.48. The zero-order valence-electron chi connectivity index (χ0n) is 17.6. The Balaban J connectivity index is 3.34. The molecule has 9 heteroatoms. The van der Waals surface area contributed by atoms with Crippen LogP contribution in [0.15, 0.2) is 0 Å². The minimum Gasteiger partial charge on any atom is -0.465 e. The maximum atomic E-state index is 13.9. The molecule has 7 nitrogen and oxygen atoms in total. The number of hydrogen-bond acceptors (Lipinski definition) is 6. The molecule has 0 spiro atoms. The summed E-state index contributed by atoms with van der Waals surface area (Å²) in [5.74, 6) is -1.71. The van der Waals surface area contributed by atoms with Gasteiger partial charge in [-0.15, -0.1) is 0 Å². The fraction of sp³-hybridized carbons (Fsp3) is 0.833. The number of carbonyl (C=O) groups excluding carboxylic acids is 3. The summed E-state index contributed by atoms with van der Waals surface area (Å²) in [5, 5.41) is -0.185. The van der Waals surface area contributed by atoms with Crippen LogP contribution >= 0.6 is 0 Å². The number of esters is 1. The van der Waals surface area contributed by atoms with E-state index >= 15 is 0 Å². The number of β-lactam (4-membered cyclic amide) rings is 1. The first-order valence-electron chi connectivity index (χ1n) is 9.24. The minimum atomic E-state index is -2.38. The molecule has 27 heavy (non-hydrogen) atoms. The van der Waals surface area contributed by atoms with Crippen molar-refractivity contribution in [2.45, 2.75) is 71.8 Å². The van der Waals surface area contributed by atoms with E-state index in [-0.39, 0.29) is 18.3 Å². The second-order valence-electron chi connectivity index (χ2n) is 8.15. The Morgan fingerprint density at radius 2 is 1.74 bits per heavy atom. The first-order valence-corrected chi connectivity index (χ1v) is 12.1. The van der Waals surface area contributed by atoms with Gasteiger partial charge in [0.1, 0.15) is 6.67 Å². The van der Waals surface area contributed by atoms with Crippen LogP contribution in [0.4, 0.5) is 9.18 Å². The van der Waals surface area contributed by atoms with Crippen molar-refractivity contribution < 1.29 is 32.7 Å². The van der Waals surface area contributed by atoms with Crippen molar-refractivity contribution in [1.29, 1.82) is 0 Å². The van der Waals surface area contributed by atoms with E-state index < -0.39 is 50.5 Å². The summed E-state index contributed by atoms with van der Waals surface area (Å²) in [6.07, 6.45) is -1.92. The van der Waals surface area contributed by atoms with Crippen molar-refractivity contribution in [3.63, 3.8) is 0 Å². The predicted octanol–water partition coefficient (Wildman–Crippen LogP) is 3.28. The van der Waals surface area contributed by atoms with Crippen molar-refractivity contribution in [3.05, 3.63) is 0 Å². The molecule has 2 amide bonds. The van der Waals surface area contributed by atoms with Gasteiger partial charge < -0.3 is 13.9 Å². The molecule has 1 rings (SSSR count). The van der Waals surface area contributed by atoms with Gasteiger partial charge >= 0.3 is 12.1 Å². The van der Waals surface area contributed by atoms with Gasteiger partial charge in [0, 0.05) is 0 Å². The van der Waals surface area contributed by atoms with Gasteiger partial charge in [0.2, 0.25) is 0 Å². The number of rotatable bonds is 7. The molecule has 0 aliphatic carbocycles. The number of nitrogens with zero attached hydrogens (tertiary/aromatic N) is 1. The molecule has 0 aromatic heterocycles. The quantitative estimate of drug-likeness (QED) is 0.280. The number of carbonyl (C=O) groups is 3. The average Bonchev–Trinajstić information content (AvgIpc) is 2.51. The molecule has 1 heterocycles. The molecular weight excluding hydrogens is 373 g/mol. The Labute approximate surface area is 161 Å². The largest absolute Gasteiger partial charge is 0.465 e. The number of imide groups is 1. The molecular formula is C18H32FNO6Si. The van der Waals surface area contributed by atoms with E-state index in [1.807, 2.05) is 33.9 Å². The smallest absolute Gasteiger partial charge is 0.416 e. The van der Waals surface area contributed by atoms with Gasteiger partial charge in [-0.3, -0.25) is 9.59 Å². The molecule has 0 aromatic rings. The van der Waals surface area contributed by atoms with E-state index in [9.17, 15) is 18.8 Å². The summed E-state index contributed by atoms with van der Waals surface area (Å²) in [5.41, 5.74) is -1.90. The van der Waals surface area contributed by atoms with Crippen molar-refractivity contribution in [2.75, 3.05) is 19.9 Å². The first-order chi connectivity index (χ1) is 12.3. The lowest BCUT2D eigenvalue weighted by molar-refractivity contribution is -0.198. The van der Waals surface area contributed by atoms with Crippen LogP contribution in [0, 0.1) is 5.41 Å². The number of halogens is 1. The van der Waals surface area contributed by atoms with Gasteiger partial charge in [-0.1, -0.05) is 20.8 Å². The fourth-order valence-electron chi connectivity index (χ4n) is 3.01. The van der Waals surface area contributed by atoms with Crippen molar-refractivity contribution in [3.8, 4) is 0 Å². The summed E-state index contributed by atoms with van der Waals surface area (Å²) >= 11 is 0. The summed E-state index contributed by atoms with van der Waals surface area (Å²) in [4.78, 5) is 38.5. The number of alkyl halides is 1. The third-order valence-electron chi connectivity index (χ3n) is 5.55. The summed E-state index contributed by atoms with van der Waals surface area (Å²) in [6, 6.07) is -1.32. The van der Waals surface area contributed by atoms with Gasteiger partial charge in [-0.2, -0.15) is 0 Å². The highest BCUT2D eigenvalue weighted by Crippen LogP contribution is 2.48. The third-order valence-corrected chi connectivity index (χ3v) is 10.1. The SMILES string of the molecule is CCOC(=O)N1C(=O)[C@@](C(=O)OCC)([C@@H](C)O[Si](C)(C)C(C)(C)C)[C@H]1CF. The topological polar surface area (TPSA) is 82.1 Å². The average molecular weight is 406 g/mol. The van der Waals surface area contributed by atoms with Gasteiger partial charge in [0.25, 0.3) is 5.91 Å². The molecule has 0 unspecified atom stereocenters. The molecule has 1 aliphatic heterocycles. The Morgan fingerprint density at radius 3 is 2.15 bits per heavy atom. The van der Waals surface area contributed by atoms with Crippen LogP contribution in [-0.2, 0) is 23.5 Å².